The lowest BCUT2D eigenvalue weighted by molar-refractivity contribution is -0.153. The van der Waals surface area contributed by atoms with E-state index in [9.17, 15) is 14.0 Å². The third-order valence-corrected chi connectivity index (χ3v) is 5.03. The third-order valence-electron chi connectivity index (χ3n) is 5.03. The Morgan fingerprint density at radius 2 is 1.75 bits per heavy atom. The van der Waals surface area contributed by atoms with Crippen LogP contribution in [0.15, 0.2) is 48.5 Å². The molecule has 2 aromatic carbocycles. The number of nitrogens with one attached hydrogen (secondary N) is 1. The fraction of sp³-hybridized carbons (Fsp3) is 0.364. The molecule has 0 spiro atoms. The smallest absolute Gasteiger partial charge is 0.317 e. The standard InChI is InChI=1S/C22H24FNO4/c1-2-27-19-12-6-5-11-18(19)24-20(25)15-28-21(26)22(13-7-8-14-22)16-9-3-4-10-17(16)23/h3-6,9-12H,2,7-8,13-15H2,1H3,(H,24,25). The highest BCUT2D eigenvalue weighted by molar-refractivity contribution is 5.95. The Kier molecular flexibility index (Phi) is 6.29. The minimum atomic E-state index is -1.02. The van der Waals surface area contributed by atoms with Gasteiger partial charge in [-0.05, 0) is 38.0 Å². The van der Waals surface area contributed by atoms with Gasteiger partial charge in [0.05, 0.1) is 17.7 Å². The van der Waals surface area contributed by atoms with Gasteiger partial charge in [0, 0.05) is 5.56 Å². The summed E-state index contributed by atoms with van der Waals surface area (Å²) in [5, 5.41) is 2.69. The molecule has 2 aromatic rings. The molecule has 28 heavy (non-hydrogen) atoms. The molecule has 6 heteroatoms. The number of carbonyl (C=O) groups excluding carboxylic acids is 2. The van der Waals surface area contributed by atoms with Crippen molar-refractivity contribution in [2.75, 3.05) is 18.5 Å². The molecular weight excluding hydrogens is 361 g/mol. The summed E-state index contributed by atoms with van der Waals surface area (Å²) in [6.45, 7) is 1.88. The second-order valence-electron chi connectivity index (χ2n) is 6.82. The van der Waals surface area contributed by atoms with Crippen molar-refractivity contribution in [3.63, 3.8) is 0 Å². The van der Waals surface area contributed by atoms with Crippen LogP contribution in [0.3, 0.4) is 0 Å². The number of carbonyl (C=O) groups is 2. The minimum absolute atomic E-state index is 0.347. The number of amides is 1. The minimum Gasteiger partial charge on any atom is -0.492 e. The van der Waals surface area contributed by atoms with Crippen LogP contribution in [0.1, 0.15) is 38.2 Å². The molecule has 0 bridgehead atoms. The molecule has 1 saturated carbocycles. The molecular formula is C22H24FNO4. The van der Waals surface area contributed by atoms with Gasteiger partial charge < -0.3 is 14.8 Å². The van der Waals surface area contributed by atoms with Crippen LogP contribution >= 0.6 is 0 Å². The third kappa shape index (κ3) is 4.16. The molecule has 0 heterocycles. The van der Waals surface area contributed by atoms with E-state index in [1.54, 1.807) is 42.5 Å². The normalized spacial score (nSPS) is 15.1. The number of rotatable bonds is 7. The SMILES string of the molecule is CCOc1ccccc1NC(=O)COC(=O)C1(c2ccccc2F)CCCC1. The summed E-state index contributed by atoms with van der Waals surface area (Å²) >= 11 is 0. The lowest BCUT2D eigenvalue weighted by atomic mass is 9.78. The molecule has 1 fully saturated rings. The van der Waals surface area contributed by atoms with Gasteiger partial charge in [0.25, 0.3) is 5.91 Å². The first kappa shape index (κ1) is 19.9. The molecule has 0 unspecified atom stereocenters. The molecule has 1 aliphatic rings. The number of ether oxygens (including phenoxy) is 2. The van der Waals surface area contributed by atoms with Crippen molar-refractivity contribution < 1.29 is 23.5 Å². The summed E-state index contributed by atoms with van der Waals surface area (Å²) in [6.07, 6.45) is 2.66. The van der Waals surface area contributed by atoms with Crippen molar-refractivity contribution in [3.05, 3.63) is 59.9 Å². The number of anilines is 1. The van der Waals surface area contributed by atoms with E-state index in [0.29, 0.717) is 36.4 Å². The molecule has 0 atom stereocenters. The number of halogens is 1. The Balaban J connectivity index is 1.67. The van der Waals surface area contributed by atoms with Crippen LogP contribution in [-0.2, 0) is 19.7 Å². The summed E-state index contributed by atoms with van der Waals surface area (Å²) in [5.74, 6) is -0.898. The average molecular weight is 385 g/mol. The van der Waals surface area contributed by atoms with Gasteiger partial charge in [0.15, 0.2) is 6.61 Å². The van der Waals surface area contributed by atoms with Gasteiger partial charge in [0.2, 0.25) is 0 Å². The quantitative estimate of drug-likeness (QED) is 0.725. The molecule has 0 radical (unpaired) electrons. The topological polar surface area (TPSA) is 64.6 Å². The van der Waals surface area contributed by atoms with Crippen LogP contribution in [0.4, 0.5) is 10.1 Å². The molecule has 3 rings (SSSR count). The first-order valence-electron chi connectivity index (χ1n) is 9.51. The van der Waals surface area contributed by atoms with Gasteiger partial charge >= 0.3 is 5.97 Å². The Labute approximate surface area is 163 Å². The summed E-state index contributed by atoms with van der Waals surface area (Å²) < 4.78 is 25.1. The molecule has 1 N–H and O–H groups in total. The zero-order valence-electron chi connectivity index (χ0n) is 15.9. The highest BCUT2D eigenvalue weighted by Gasteiger charge is 2.45. The van der Waals surface area contributed by atoms with Gasteiger partial charge in [0.1, 0.15) is 11.6 Å². The van der Waals surface area contributed by atoms with Crippen molar-refractivity contribution in [2.24, 2.45) is 0 Å². The molecule has 1 amide bonds. The van der Waals surface area contributed by atoms with Gasteiger partial charge in [-0.1, -0.05) is 43.2 Å². The van der Waals surface area contributed by atoms with E-state index in [1.165, 1.54) is 6.07 Å². The number of benzene rings is 2. The van der Waals surface area contributed by atoms with Crippen LogP contribution in [0.25, 0.3) is 0 Å². The van der Waals surface area contributed by atoms with Gasteiger partial charge in [-0.15, -0.1) is 0 Å². The fourth-order valence-electron chi connectivity index (χ4n) is 3.72. The summed E-state index contributed by atoms with van der Waals surface area (Å²) in [5.41, 5.74) is -0.163. The Hall–Kier alpha value is -2.89. The monoisotopic (exact) mass is 385 g/mol. The van der Waals surface area contributed by atoms with E-state index in [-0.39, 0.29) is 0 Å². The van der Waals surface area contributed by atoms with Crippen molar-refractivity contribution in [1.82, 2.24) is 0 Å². The molecule has 0 saturated heterocycles. The van der Waals surface area contributed by atoms with Gasteiger partial charge in [-0.25, -0.2) is 4.39 Å². The highest BCUT2D eigenvalue weighted by Crippen LogP contribution is 2.43. The highest BCUT2D eigenvalue weighted by atomic mass is 19.1. The summed E-state index contributed by atoms with van der Waals surface area (Å²) in [6, 6.07) is 13.3. The van der Waals surface area contributed by atoms with E-state index in [4.69, 9.17) is 9.47 Å². The van der Waals surface area contributed by atoms with Crippen molar-refractivity contribution in [3.8, 4) is 5.75 Å². The van der Waals surface area contributed by atoms with Gasteiger partial charge in [-0.3, -0.25) is 9.59 Å². The number of hydrogen-bond donors (Lipinski definition) is 1. The Morgan fingerprint density at radius 3 is 2.46 bits per heavy atom. The number of para-hydroxylation sites is 2. The first-order chi connectivity index (χ1) is 13.6. The molecule has 148 valence electrons. The lowest BCUT2D eigenvalue weighted by Crippen LogP contribution is -2.37. The Bertz CT molecular complexity index is 846. The van der Waals surface area contributed by atoms with E-state index in [2.05, 4.69) is 5.32 Å². The predicted octanol–water partition coefficient (Wildman–Crippen LogP) is 4.22. The van der Waals surface area contributed by atoms with Crippen molar-refractivity contribution >= 4 is 17.6 Å². The maximum atomic E-state index is 14.3. The first-order valence-corrected chi connectivity index (χ1v) is 9.51. The molecule has 0 aliphatic heterocycles. The zero-order chi connectivity index (χ0) is 20.0. The van der Waals surface area contributed by atoms with Crippen molar-refractivity contribution in [1.29, 1.82) is 0 Å². The van der Waals surface area contributed by atoms with Crippen LogP contribution in [-0.4, -0.2) is 25.1 Å². The van der Waals surface area contributed by atoms with Crippen LogP contribution in [0.2, 0.25) is 0 Å². The second kappa shape index (κ2) is 8.87. The van der Waals surface area contributed by atoms with E-state index < -0.39 is 29.7 Å². The molecule has 0 aromatic heterocycles. The largest absolute Gasteiger partial charge is 0.492 e. The number of hydrogen-bond acceptors (Lipinski definition) is 4. The van der Waals surface area contributed by atoms with Crippen LogP contribution < -0.4 is 10.1 Å². The molecule has 1 aliphatic carbocycles. The number of esters is 1. The van der Waals surface area contributed by atoms with E-state index in [0.717, 1.165) is 12.8 Å². The van der Waals surface area contributed by atoms with E-state index >= 15 is 0 Å². The Morgan fingerprint density at radius 1 is 1.07 bits per heavy atom. The maximum absolute atomic E-state index is 14.3. The maximum Gasteiger partial charge on any atom is 0.317 e. The van der Waals surface area contributed by atoms with E-state index in [1.807, 2.05) is 6.92 Å². The summed E-state index contributed by atoms with van der Waals surface area (Å²) in [7, 11) is 0. The van der Waals surface area contributed by atoms with Crippen LogP contribution in [0, 0.1) is 5.82 Å². The van der Waals surface area contributed by atoms with Crippen LogP contribution in [0.5, 0.6) is 5.75 Å². The fourth-order valence-corrected chi connectivity index (χ4v) is 3.72. The summed E-state index contributed by atoms with van der Waals surface area (Å²) in [4.78, 5) is 25.1. The van der Waals surface area contributed by atoms with Crippen molar-refractivity contribution in [2.45, 2.75) is 38.0 Å². The zero-order valence-corrected chi connectivity index (χ0v) is 15.9. The predicted molar refractivity (Wildman–Crippen MR) is 104 cm³/mol. The average Bonchev–Trinajstić information content (AvgIpc) is 3.19. The lowest BCUT2D eigenvalue weighted by Gasteiger charge is -2.27. The van der Waals surface area contributed by atoms with Gasteiger partial charge in [-0.2, -0.15) is 0 Å². The molecule has 5 nitrogen and oxygen atoms in total. The second-order valence-corrected chi connectivity index (χ2v) is 6.82.